The lowest BCUT2D eigenvalue weighted by atomic mass is 10.1. The highest BCUT2D eigenvalue weighted by Gasteiger charge is 2.16. The quantitative estimate of drug-likeness (QED) is 0.523. The summed E-state index contributed by atoms with van der Waals surface area (Å²) in [5.74, 6) is -0.0733. The number of esters is 1. The van der Waals surface area contributed by atoms with Gasteiger partial charge >= 0.3 is 5.97 Å². The van der Waals surface area contributed by atoms with Gasteiger partial charge in [-0.05, 0) is 49.1 Å². The molecule has 1 unspecified atom stereocenters. The Kier molecular flexibility index (Phi) is 6.60. The van der Waals surface area contributed by atoms with Crippen LogP contribution in [0.5, 0.6) is 5.75 Å². The van der Waals surface area contributed by atoms with Crippen molar-refractivity contribution in [1.29, 1.82) is 0 Å². The number of aryl methyl sites for hydroxylation is 1. The number of hydrogen-bond acceptors (Lipinski definition) is 5. The number of benzene rings is 2. The highest BCUT2D eigenvalue weighted by Crippen LogP contribution is 2.17. The normalized spacial score (nSPS) is 16.1. The van der Waals surface area contributed by atoms with Crippen molar-refractivity contribution in [3.8, 4) is 5.75 Å². The van der Waals surface area contributed by atoms with Crippen LogP contribution in [-0.2, 0) is 15.9 Å². The largest absolute Gasteiger partial charge is 0.491 e. The van der Waals surface area contributed by atoms with E-state index in [1.165, 1.54) is 0 Å². The number of carbonyl (C=O) groups excluding carboxylic acids is 2. The molecule has 5 heteroatoms. The van der Waals surface area contributed by atoms with Crippen molar-refractivity contribution in [2.24, 2.45) is 0 Å². The summed E-state index contributed by atoms with van der Waals surface area (Å²) < 4.78 is 16.3. The summed E-state index contributed by atoms with van der Waals surface area (Å²) in [5, 5.41) is 0. The van der Waals surface area contributed by atoms with Gasteiger partial charge in [-0.3, -0.25) is 4.79 Å². The van der Waals surface area contributed by atoms with Gasteiger partial charge in [-0.1, -0.05) is 31.2 Å². The highest BCUT2D eigenvalue weighted by atomic mass is 16.5. The summed E-state index contributed by atoms with van der Waals surface area (Å²) in [5.41, 5.74) is 2.08. The Morgan fingerprint density at radius 1 is 1.04 bits per heavy atom. The van der Waals surface area contributed by atoms with Crippen LogP contribution in [-0.4, -0.2) is 37.7 Å². The molecule has 142 valence electrons. The minimum atomic E-state index is -0.529. The number of ether oxygens (including phenoxy) is 3. The van der Waals surface area contributed by atoms with E-state index >= 15 is 0 Å². The van der Waals surface area contributed by atoms with E-state index in [2.05, 4.69) is 6.92 Å². The molecule has 3 rings (SSSR count). The average Bonchev–Trinajstić information content (AvgIpc) is 3.24. The van der Waals surface area contributed by atoms with Gasteiger partial charge in [0.2, 0.25) is 0 Å². The Morgan fingerprint density at radius 2 is 1.74 bits per heavy atom. The molecule has 1 heterocycles. The maximum Gasteiger partial charge on any atom is 0.338 e. The molecule has 0 bridgehead atoms. The molecule has 5 nitrogen and oxygen atoms in total. The summed E-state index contributed by atoms with van der Waals surface area (Å²) in [6.45, 7) is 3.08. The molecule has 0 saturated carbocycles. The molecule has 1 saturated heterocycles. The van der Waals surface area contributed by atoms with E-state index in [0.29, 0.717) is 23.5 Å². The molecule has 0 radical (unpaired) electrons. The summed E-state index contributed by atoms with van der Waals surface area (Å²) in [4.78, 5) is 24.3. The monoisotopic (exact) mass is 368 g/mol. The lowest BCUT2D eigenvalue weighted by Crippen LogP contribution is -2.16. The molecular weight excluding hydrogens is 344 g/mol. The fourth-order valence-electron chi connectivity index (χ4n) is 2.88. The van der Waals surface area contributed by atoms with E-state index in [0.717, 1.165) is 31.4 Å². The SMILES string of the molecule is CCc1ccc(C(=O)COC(=O)c2ccc(OCC3CCCO3)cc2)cc1. The zero-order valence-corrected chi connectivity index (χ0v) is 15.5. The van der Waals surface area contributed by atoms with Gasteiger partial charge in [0.25, 0.3) is 0 Å². The van der Waals surface area contributed by atoms with Crippen LogP contribution in [0.1, 0.15) is 46.0 Å². The predicted molar refractivity (Wildman–Crippen MR) is 101 cm³/mol. The minimum Gasteiger partial charge on any atom is -0.491 e. The van der Waals surface area contributed by atoms with Crippen LogP contribution in [0.4, 0.5) is 0 Å². The summed E-state index contributed by atoms with van der Waals surface area (Å²) >= 11 is 0. The second kappa shape index (κ2) is 9.33. The summed E-state index contributed by atoms with van der Waals surface area (Å²) in [6.07, 6.45) is 3.14. The molecule has 0 amide bonds. The van der Waals surface area contributed by atoms with E-state index in [1.807, 2.05) is 12.1 Å². The van der Waals surface area contributed by atoms with Crippen LogP contribution in [0.2, 0.25) is 0 Å². The van der Waals surface area contributed by atoms with Crippen molar-refractivity contribution in [2.75, 3.05) is 19.8 Å². The molecule has 27 heavy (non-hydrogen) atoms. The molecule has 1 atom stereocenters. The average molecular weight is 368 g/mol. The Bertz CT molecular complexity index is 758. The first-order chi connectivity index (χ1) is 13.2. The van der Waals surface area contributed by atoms with E-state index in [9.17, 15) is 9.59 Å². The zero-order valence-electron chi connectivity index (χ0n) is 15.5. The third kappa shape index (κ3) is 5.41. The second-order valence-corrected chi connectivity index (χ2v) is 6.52. The molecular formula is C22H24O5. The standard InChI is InChI=1S/C22H24O5/c1-2-16-5-7-17(8-6-16)21(23)15-27-22(24)18-9-11-19(12-10-18)26-14-20-4-3-13-25-20/h5-12,20H,2-4,13-15H2,1H3. The third-order valence-electron chi connectivity index (χ3n) is 4.57. The van der Waals surface area contributed by atoms with Crippen molar-refractivity contribution in [2.45, 2.75) is 32.3 Å². The predicted octanol–water partition coefficient (Wildman–Crippen LogP) is 3.85. The maximum atomic E-state index is 12.1. The van der Waals surface area contributed by atoms with Crippen molar-refractivity contribution in [3.63, 3.8) is 0 Å². The number of hydrogen-bond donors (Lipinski definition) is 0. The van der Waals surface area contributed by atoms with Gasteiger partial charge in [-0.2, -0.15) is 0 Å². The van der Waals surface area contributed by atoms with Gasteiger partial charge in [0.05, 0.1) is 11.7 Å². The molecule has 1 aliphatic heterocycles. The van der Waals surface area contributed by atoms with E-state index in [4.69, 9.17) is 14.2 Å². The summed E-state index contributed by atoms with van der Waals surface area (Å²) in [7, 11) is 0. The first kappa shape index (κ1) is 19.1. The maximum absolute atomic E-state index is 12.1. The van der Waals surface area contributed by atoms with Gasteiger partial charge in [0.1, 0.15) is 12.4 Å². The van der Waals surface area contributed by atoms with E-state index in [-0.39, 0.29) is 18.5 Å². The molecule has 2 aromatic carbocycles. The molecule has 0 N–H and O–H groups in total. The zero-order chi connectivity index (χ0) is 19.1. The Balaban J connectivity index is 1.47. The van der Waals surface area contributed by atoms with Crippen molar-refractivity contribution >= 4 is 11.8 Å². The smallest absolute Gasteiger partial charge is 0.338 e. The first-order valence-electron chi connectivity index (χ1n) is 9.29. The molecule has 2 aromatic rings. The number of carbonyl (C=O) groups is 2. The fraction of sp³-hybridized carbons (Fsp3) is 0.364. The van der Waals surface area contributed by atoms with Crippen molar-refractivity contribution in [3.05, 3.63) is 65.2 Å². The van der Waals surface area contributed by atoms with Crippen LogP contribution in [0.3, 0.4) is 0 Å². The molecule has 0 spiro atoms. The number of rotatable bonds is 8. The topological polar surface area (TPSA) is 61.8 Å². The molecule has 1 fully saturated rings. The van der Waals surface area contributed by atoms with Crippen LogP contribution >= 0.6 is 0 Å². The van der Waals surface area contributed by atoms with Crippen LogP contribution < -0.4 is 4.74 Å². The summed E-state index contributed by atoms with van der Waals surface area (Å²) in [6, 6.07) is 14.0. The number of ketones is 1. The van der Waals surface area contributed by atoms with Gasteiger partial charge in [0.15, 0.2) is 12.4 Å². The van der Waals surface area contributed by atoms with Crippen LogP contribution in [0, 0.1) is 0 Å². The molecule has 1 aliphatic rings. The highest BCUT2D eigenvalue weighted by molar-refractivity contribution is 5.99. The fourth-order valence-corrected chi connectivity index (χ4v) is 2.88. The Hall–Kier alpha value is -2.66. The van der Waals surface area contributed by atoms with Crippen molar-refractivity contribution < 1.29 is 23.8 Å². The molecule has 0 aromatic heterocycles. The Morgan fingerprint density at radius 3 is 2.37 bits per heavy atom. The van der Waals surface area contributed by atoms with Crippen molar-refractivity contribution in [1.82, 2.24) is 0 Å². The lowest BCUT2D eigenvalue weighted by molar-refractivity contribution is 0.0474. The van der Waals surface area contributed by atoms with Crippen LogP contribution in [0.15, 0.2) is 48.5 Å². The van der Waals surface area contributed by atoms with Gasteiger partial charge < -0.3 is 14.2 Å². The van der Waals surface area contributed by atoms with Crippen LogP contribution in [0.25, 0.3) is 0 Å². The first-order valence-corrected chi connectivity index (χ1v) is 9.29. The van der Waals surface area contributed by atoms with Gasteiger partial charge in [0, 0.05) is 12.2 Å². The van der Waals surface area contributed by atoms with E-state index < -0.39 is 5.97 Å². The Labute approximate surface area is 159 Å². The minimum absolute atomic E-state index is 0.145. The van der Waals surface area contributed by atoms with Gasteiger partial charge in [-0.15, -0.1) is 0 Å². The van der Waals surface area contributed by atoms with E-state index in [1.54, 1.807) is 36.4 Å². The second-order valence-electron chi connectivity index (χ2n) is 6.52. The molecule has 0 aliphatic carbocycles. The van der Waals surface area contributed by atoms with Gasteiger partial charge in [-0.25, -0.2) is 4.79 Å². The third-order valence-corrected chi connectivity index (χ3v) is 4.57. The number of Topliss-reactive ketones (excluding diaryl/α,β-unsaturated/α-hetero) is 1. The lowest BCUT2D eigenvalue weighted by Gasteiger charge is -2.11.